The Bertz CT molecular complexity index is 332. The molecule has 1 atom stereocenters. The molecule has 1 fully saturated rings. The molecule has 76 valence electrons. The fourth-order valence-corrected chi connectivity index (χ4v) is 2.56. The number of ketones is 1. The normalized spacial score (nSPS) is 25.1. The number of hydrogen-bond donors (Lipinski definition) is 0. The number of carbonyl (C=O) groups excluding carboxylic acids is 1. The maximum Gasteiger partial charge on any atom is 0.258 e. The molecule has 1 aromatic heterocycles. The molecule has 0 N–H and O–H groups in total. The van der Waals surface area contributed by atoms with E-state index in [1.54, 1.807) is 17.5 Å². The zero-order valence-electron chi connectivity index (χ0n) is 7.50. The molecule has 4 heteroatoms. The van der Waals surface area contributed by atoms with Gasteiger partial charge in [-0.2, -0.15) is 0 Å². The molecule has 1 aliphatic carbocycles. The van der Waals surface area contributed by atoms with E-state index in [1.807, 2.05) is 0 Å². The molecule has 0 spiro atoms. The summed E-state index contributed by atoms with van der Waals surface area (Å²) in [6.45, 7) is 0. The van der Waals surface area contributed by atoms with Crippen LogP contribution in [0.25, 0.3) is 0 Å². The third-order valence-electron chi connectivity index (χ3n) is 2.59. The van der Waals surface area contributed by atoms with Crippen molar-refractivity contribution in [1.82, 2.24) is 0 Å². The minimum absolute atomic E-state index is 0.144. The molecular formula is C10H10F2OS. The summed E-state index contributed by atoms with van der Waals surface area (Å²) in [5.41, 5.74) is 0. The van der Waals surface area contributed by atoms with E-state index in [2.05, 4.69) is 0 Å². The van der Waals surface area contributed by atoms with Gasteiger partial charge in [-0.05, 0) is 24.3 Å². The van der Waals surface area contributed by atoms with E-state index in [0.717, 1.165) is 0 Å². The Kier molecular flexibility index (Phi) is 2.39. The molecule has 1 saturated carbocycles. The van der Waals surface area contributed by atoms with Gasteiger partial charge in [0.1, 0.15) is 0 Å². The van der Waals surface area contributed by atoms with Gasteiger partial charge >= 0.3 is 0 Å². The lowest BCUT2D eigenvalue weighted by Gasteiger charge is -2.16. The zero-order chi connectivity index (χ0) is 10.2. The van der Waals surface area contributed by atoms with E-state index < -0.39 is 11.8 Å². The van der Waals surface area contributed by atoms with Crippen molar-refractivity contribution in [3.8, 4) is 0 Å². The number of thiophene rings is 1. The SMILES string of the molecule is O=C(c1cccs1)C1CCCC1(F)F. The lowest BCUT2D eigenvalue weighted by Crippen LogP contribution is -2.28. The van der Waals surface area contributed by atoms with Crippen molar-refractivity contribution in [1.29, 1.82) is 0 Å². The van der Waals surface area contributed by atoms with Gasteiger partial charge in [-0.1, -0.05) is 6.07 Å². The molecule has 0 bridgehead atoms. The van der Waals surface area contributed by atoms with Gasteiger partial charge < -0.3 is 0 Å². The minimum atomic E-state index is -2.79. The van der Waals surface area contributed by atoms with Crippen LogP contribution in [0.1, 0.15) is 28.9 Å². The van der Waals surface area contributed by atoms with Gasteiger partial charge in [0.15, 0.2) is 5.78 Å². The Hall–Kier alpha value is -0.770. The number of alkyl halides is 2. The van der Waals surface area contributed by atoms with E-state index in [9.17, 15) is 13.6 Å². The van der Waals surface area contributed by atoms with Crippen molar-refractivity contribution >= 4 is 17.1 Å². The quantitative estimate of drug-likeness (QED) is 0.693. The summed E-state index contributed by atoms with van der Waals surface area (Å²) >= 11 is 1.24. The molecule has 1 aliphatic rings. The van der Waals surface area contributed by atoms with Crippen molar-refractivity contribution in [3.63, 3.8) is 0 Å². The number of carbonyl (C=O) groups is 1. The Morgan fingerprint density at radius 1 is 1.57 bits per heavy atom. The molecule has 1 unspecified atom stereocenters. The van der Waals surface area contributed by atoms with E-state index in [0.29, 0.717) is 17.7 Å². The summed E-state index contributed by atoms with van der Waals surface area (Å²) in [7, 11) is 0. The second-order valence-corrected chi connectivity index (χ2v) is 4.50. The highest BCUT2D eigenvalue weighted by molar-refractivity contribution is 7.12. The third-order valence-corrected chi connectivity index (χ3v) is 3.48. The van der Waals surface area contributed by atoms with Crippen LogP contribution in [0.2, 0.25) is 0 Å². The van der Waals surface area contributed by atoms with Crippen molar-refractivity contribution in [2.24, 2.45) is 5.92 Å². The Balaban J connectivity index is 2.20. The molecule has 1 aromatic rings. The standard InChI is InChI=1S/C10H10F2OS/c11-10(12)5-1-3-7(10)9(13)8-4-2-6-14-8/h2,4,6-7H,1,3,5H2. The lowest BCUT2D eigenvalue weighted by atomic mass is 9.98. The van der Waals surface area contributed by atoms with Crippen LogP contribution in [0.4, 0.5) is 8.78 Å². The summed E-state index contributed by atoms with van der Waals surface area (Å²) in [5, 5.41) is 1.74. The summed E-state index contributed by atoms with van der Waals surface area (Å²) in [4.78, 5) is 12.1. The predicted molar refractivity (Wildman–Crippen MR) is 50.9 cm³/mol. The van der Waals surface area contributed by atoms with E-state index in [4.69, 9.17) is 0 Å². The van der Waals surface area contributed by atoms with Crippen LogP contribution in [0.15, 0.2) is 17.5 Å². The Morgan fingerprint density at radius 3 is 2.86 bits per heavy atom. The average molecular weight is 216 g/mol. The maximum atomic E-state index is 13.2. The van der Waals surface area contributed by atoms with Gasteiger partial charge in [-0.25, -0.2) is 8.78 Å². The van der Waals surface area contributed by atoms with Gasteiger partial charge in [0.2, 0.25) is 0 Å². The van der Waals surface area contributed by atoms with Crippen molar-refractivity contribution in [2.45, 2.75) is 25.2 Å². The lowest BCUT2D eigenvalue weighted by molar-refractivity contribution is -0.0266. The fraction of sp³-hybridized carbons (Fsp3) is 0.500. The number of Topliss-reactive ketones (excluding diaryl/α,β-unsaturated/α-hetero) is 1. The van der Waals surface area contributed by atoms with Crippen LogP contribution in [0, 0.1) is 5.92 Å². The van der Waals surface area contributed by atoms with Crippen LogP contribution in [-0.4, -0.2) is 11.7 Å². The van der Waals surface area contributed by atoms with E-state index in [-0.39, 0.29) is 12.2 Å². The number of hydrogen-bond acceptors (Lipinski definition) is 2. The van der Waals surface area contributed by atoms with Crippen molar-refractivity contribution < 1.29 is 13.6 Å². The highest BCUT2D eigenvalue weighted by Crippen LogP contribution is 2.42. The smallest absolute Gasteiger partial charge is 0.258 e. The van der Waals surface area contributed by atoms with Crippen LogP contribution < -0.4 is 0 Å². The molecular weight excluding hydrogens is 206 g/mol. The molecule has 0 aromatic carbocycles. The van der Waals surface area contributed by atoms with Crippen LogP contribution >= 0.6 is 11.3 Å². The first-order valence-corrected chi connectivity index (χ1v) is 5.45. The summed E-state index contributed by atoms with van der Waals surface area (Å²) in [5.74, 6) is -4.26. The molecule has 14 heavy (non-hydrogen) atoms. The molecule has 0 radical (unpaired) electrons. The van der Waals surface area contributed by atoms with E-state index >= 15 is 0 Å². The monoisotopic (exact) mass is 216 g/mol. The topological polar surface area (TPSA) is 17.1 Å². The summed E-state index contributed by atoms with van der Waals surface area (Å²) in [6.07, 6.45) is 0.632. The molecule has 0 saturated heterocycles. The fourth-order valence-electron chi connectivity index (χ4n) is 1.84. The molecule has 1 nitrogen and oxygen atoms in total. The first kappa shape index (κ1) is 9.77. The second kappa shape index (κ2) is 3.42. The van der Waals surface area contributed by atoms with Gasteiger partial charge in [0, 0.05) is 6.42 Å². The van der Waals surface area contributed by atoms with Gasteiger partial charge in [0.05, 0.1) is 10.8 Å². The minimum Gasteiger partial charge on any atom is -0.293 e. The van der Waals surface area contributed by atoms with Crippen molar-refractivity contribution in [2.75, 3.05) is 0 Å². The van der Waals surface area contributed by atoms with E-state index in [1.165, 1.54) is 11.3 Å². The van der Waals surface area contributed by atoms with Gasteiger partial charge in [0.25, 0.3) is 5.92 Å². The molecule has 0 aliphatic heterocycles. The molecule has 1 heterocycles. The van der Waals surface area contributed by atoms with Crippen LogP contribution in [-0.2, 0) is 0 Å². The molecule has 0 amide bonds. The third kappa shape index (κ3) is 1.59. The van der Waals surface area contributed by atoms with Crippen LogP contribution in [0.5, 0.6) is 0 Å². The largest absolute Gasteiger partial charge is 0.293 e. The van der Waals surface area contributed by atoms with Crippen LogP contribution in [0.3, 0.4) is 0 Å². The Labute approximate surface area is 84.7 Å². The summed E-state index contributed by atoms with van der Waals surface area (Å²) < 4.78 is 26.5. The highest BCUT2D eigenvalue weighted by atomic mass is 32.1. The average Bonchev–Trinajstić information content (AvgIpc) is 2.71. The predicted octanol–water partition coefficient (Wildman–Crippen LogP) is 3.37. The maximum absolute atomic E-state index is 13.2. The Morgan fingerprint density at radius 2 is 2.36 bits per heavy atom. The van der Waals surface area contributed by atoms with Crippen molar-refractivity contribution in [3.05, 3.63) is 22.4 Å². The number of rotatable bonds is 2. The molecule has 2 rings (SSSR count). The second-order valence-electron chi connectivity index (χ2n) is 3.55. The summed E-state index contributed by atoms with van der Waals surface area (Å²) in [6, 6.07) is 3.33. The van der Waals surface area contributed by atoms with Gasteiger partial charge in [-0.3, -0.25) is 4.79 Å². The van der Waals surface area contributed by atoms with Gasteiger partial charge in [-0.15, -0.1) is 11.3 Å². The first-order chi connectivity index (χ1) is 6.61. The number of halogens is 2. The first-order valence-electron chi connectivity index (χ1n) is 4.57. The zero-order valence-corrected chi connectivity index (χ0v) is 8.32. The highest BCUT2D eigenvalue weighted by Gasteiger charge is 2.48.